The van der Waals surface area contributed by atoms with Gasteiger partial charge in [0.15, 0.2) is 0 Å². The standard InChI is InChI=1S/C13H14N4O2S/c1-17(12(18)10-4-2-3-6-14-10)13-16-15-11(20-13)9-5-7-19-8-9/h2-4,6,9H,5,7-8H2,1H3/t9-/m0/s1. The molecular weight excluding hydrogens is 276 g/mol. The number of ether oxygens (including phenoxy) is 1. The van der Waals surface area contributed by atoms with Gasteiger partial charge in [-0.2, -0.15) is 0 Å². The fourth-order valence-corrected chi connectivity index (χ4v) is 2.93. The van der Waals surface area contributed by atoms with Gasteiger partial charge in [0, 0.05) is 25.8 Å². The molecule has 104 valence electrons. The third-order valence-corrected chi connectivity index (χ3v) is 4.35. The second kappa shape index (κ2) is 5.64. The zero-order valence-corrected chi connectivity index (χ0v) is 11.8. The molecule has 1 amide bonds. The molecule has 0 N–H and O–H groups in total. The maximum absolute atomic E-state index is 12.3. The fraction of sp³-hybridized carbons (Fsp3) is 0.385. The van der Waals surface area contributed by atoms with E-state index in [-0.39, 0.29) is 5.91 Å². The monoisotopic (exact) mass is 290 g/mol. The number of anilines is 1. The van der Waals surface area contributed by atoms with E-state index in [1.54, 1.807) is 31.4 Å². The summed E-state index contributed by atoms with van der Waals surface area (Å²) in [6, 6.07) is 5.25. The fourth-order valence-electron chi connectivity index (χ4n) is 2.00. The smallest absolute Gasteiger partial charge is 0.278 e. The molecule has 2 aromatic rings. The van der Waals surface area contributed by atoms with Crippen LogP contribution in [0.25, 0.3) is 0 Å². The Morgan fingerprint density at radius 1 is 1.45 bits per heavy atom. The van der Waals surface area contributed by atoms with Gasteiger partial charge in [-0.3, -0.25) is 14.7 Å². The van der Waals surface area contributed by atoms with E-state index >= 15 is 0 Å². The van der Waals surface area contributed by atoms with Crippen LogP contribution in [0.5, 0.6) is 0 Å². The van der Waals surface area contributed by atoms with Crippen molar-refractivity contribution in [3.05, 3.63) is 35.1 Å². The van der Waals surface area contributed by atoms with Gasteiger partial charge in [-0.25, -0.2) is 0 Å². The topological polar surface area (TPSA) is 68.2 Å². The van der Waals surface area contributed by atoms with Crippen LogP contribution in [0.4, 0.5) is 5.13 Å². The van der Waals surface area contributed by atoms with Crippen molar-refractivity contribution in [1.29, 1.82) is 0 Å². The summed E-state index contributed by atoms with van der Waals surface area (Å²) in [5, 5.41) is 9.78. The number of carbonyl (C=O) groups is 1. The third-order valence-electron chi connectivity index (χ3n) is 3.18. The van der Waals surface area contributed by atoms with Gasteiger partial charge in [-0.05, 0) is 18.6 Å². The lowest BCUT2D eigenvalue weighted by molar-refractivity contribution is 0.0988. The summed E-state index contributed by atoms with van der Waals surface area (Å²) in [6.07, 6.45) is 2.56. The highest BCUT2D eigenvalue weighted by molar-refractivity contribution is 7.15. The van der Waals surface area contributed by atoms with Crippen molar-refractivity contribution in [3.8, 4) is 0 Å². The van der Waals surface area contributed by atoms with E-state index in [0.717, 1.165) is 18.0 Å². The molecule has 20 heavy (non-hydrogen) atoms. The Bertz CT molecular complexity index is 595. The third kappa shape index (κ3) is 2.54. The highest BCUT2D eigenvalue weighted by Gasteiger charge is 2.24. The lowest BCUT2D eigenvalue weighted by Crippen LogP contribution is -2.26. The van der Waals surface area contributed by atoms with Gasteiger partial charge in [0.25, 0.3) is 5.91 Å². The quantitative estimate of drug-likeness (QED) is 0.861. The SMILES string of the molecule is CN(C(=O)c1ccccn1)c1nnc([C@H]2CCOC2)s1. The highest BCUT2D eigenvalue weighted by Crippen LogP contribution is 2.30. The van der Waals surface area contributed by atoms with Gasteiger partial charge in [-0.1, -0.05) is 17.4 Å². The van der Waals surface area contributed by atoms with Crippen LogP contribution in [0.1, 0.15) is 27.8 Å². The number of pyridine rings is 1. The van der Waals surface area contributed by atoms with Crippen molar-refractivity contribution < 1.29 is 9.53 Å². The lowest BCUT2D eigenvalue weighted by atomic mass is 10.1. The van der Waals surface area contributed by atoms with Crippen molar-refractivity contribution in [2.75, 3.05) is 25.2 Å². The Balaban J connectivity index is 1.77. The van der Waals surface area contributed by atoms with Crippen LogP contribution in [0.2, 0.25) is 0 Å². The predicted molar refractivity (Wildman–Crippen MR) is 75.1 cm³/mol. The highest BCUT2D eigenvalue weighted by atomic mass is 32.1. The predicted octanol–water partition coefficient (Wildman–Crippen LogP) is 1.71. The van der Waals surface area contributed by atoms with Crippen LogP contribution in [-0.2, 0) is 4.74 Å². The molecule has 2 aromatic heterocycles. The van der Waals surface area contributed by atoms with Gasteiger partial charge in [0.05, 0.1) is 6.61 Å². The van der Waals surface area contributed by atoms with Gasteiger partial charge in [0.1, 0.15) is 10.7 Å². The zero-order chi connectivity index (χ0) is 13.9. The summed E-state index contributed by atoms with van der Waals surface area (Å²) < 4.78 is 5.35. The van der Waals surface area contributed by atoms with E-state index in [9.17, 15) is 4.79 Å². The van der Waals surface area contributed by atoms with Crippen molar-refractivity contribution in [1.82, 2.24) is 15.2 Å². The van der Waals surface area contributed by atoms with Crippen LogP contribution in [0.3, 0.4) is 0 Å². The summed E-state index contributed by atoms with van der Waals surface area (Å²) in [7, 11) is 1.69. The summed E-state index contributed by atoms with van der Waals surface area (Å²) >= 11 is 1.44. The summed E-state index contributed by atoms with van der Waals surface area (Å²) in [6.45, 7) is 1.45. The van der Waals surface area contributed by atoms with Gasteiger partial charge >= 0.3 is 0 Å². The molecular formula is C13H14N4O2S. The molecule has 3 rings (SSSR count). The number of nitrogens with zero attached hydrogens (tertiary/aromatic N) is 4. The van der Waals surface area contributed by atoms with Crippen LogP contribution in [0.15, 0.2) is 24.4 Å². The van der Waals surface area contributed by atoms with E-state index in [2.05, 4.69) is 15.2 Å². The maximum atomic E-state index is 12.3. The minimum Gasteiger partial charge on any atom is -0.381 e. The van der Waals surface area contributed by atoms with Gasteiger partial charge in [0.2, 0.25) is 5.13 Å². The Hall–Kier alpha value is -1.86. The summed E-state index contributed by atoms with van der Waals surface area (Å²) in [5.74, 6) is 0.121. The molecule has 1 aliphatic heterocycles. The molecule has 6 nitrogen and oxygen atoms in total. The van der Waals surface area contributed by atoms with Crippen molar-refractivity contribution >= 4 is 22.4 Å². The number of hydrogen-bond acceptors (Lipinski definition) is 6. The molecule has 0 saturated carbocycles. The van der Waals surface area contributed by atoms with Crippen molar-refractivity contribution in [3.63, 3.8) is 0 Å². The zero-order valence-electron chi connectivity index (χ0n) is 11.0. The number of carbonyl (C=O) groups excluding carboxylic acids is 1. The van der Waals surface area contributed by atoms with Crippen molar-refractivity contribution in [2.24, 2.45) is 0 Å². The number of rotatable bonds is 3. The average Bonchev–Trinajstić information content (AvgIpc) is 3.17. The molecule has 0 radical (unpaired) electrons. The lowest BCUT2D eigenvalue weighted by Gasteiger charge is -2.11. The van der Waals surface area contributed by atoms with Gasteiger partial charge < -0.3 is 4.74 Å². The Labute approximate surface area is 120 Å². The van der Waals surface area contributed by atoms with Crippen molar-refractivity contribution in [2.45, 2.75) is 12.3 Å². The van der Waals surface area contributed by atoms with E-state index in [4.69, 9.17) is 4.74 Å². The molecule has 1 aliphatic rings. The minimum absolute atomic E-state index is 0.184. The van der Waals surface area contributed by atoms with E-state index in [0.29, 0.717) is 23.4 Å². The molecule has 0 aromatic carbocycles. The van der Waals surface area contributed by atoms with Crippen LogP contribution >= 0.6 is 11.3 Å². The molecule has 7 heteroatoms. The second-order valence-electron chi connectivity index (χ2n) is 4.56. The van der Waals surface area contributed by atoms with Crippen LogP contribution in [-0.4, -0.2) is 41.3 Å². The Morgan fingerprint density at radius 3 is 3.05 bits per heavy atom. The molecule has 0 aliphatic carbocycles. The first kappa shape index (κ1) is 13.1. The Kier molecular flexibility index (Phi) is 3.70. The molecule has 1 atom stereocenters. The first-order chi connectivity index (χ1) is 9.75. The first-order valence-corrected chi connectivity index (χ1v) is 7.17. The second-order valence-corrected chi connectivity index (χ2v) is 5.55. The molecule has 1 fully saturated rings. The average molecular weight is 290 g/mol. The van der Waals surface area contributed by atoms with E-state index in [1.807, 2.05) is 0 Å². The minimum atomic E-state index is -0.184. The maximum Gasteiger partial charge on any atom is 0.278 e. The molecule has 0 unspecified atom stereocenters. The number of amides is 1. The molecule has 1 saturated heterocycles. The molecule has 3 heterocycles. The Morgan fingerprint density at radius 2 is 2.35 bits per heavy atom. The van der Waals surface area contributed by atoms with E-state index in [1.165, 1.54) is 16.2 Å². The molecule has 0 spiro atoms. The normalized spacial score (nSPS) is 18.1. The van der Waals surface area contributed by atoms with Crippen LogP contribution < -0.4 is 4.90 Å². The number of aromatic nitrogens is 3. The summed E-state index contributed by atoms with van der Waals surface area (Å²) in [5.41, 5.74) is 0.399. The van der Waals surface area contributed by atoms with Gasteiger partial charge in [-0.15, -0.1) is 10.2 Å². The number of hydrogen-bond donors (Lipinski definition) is 0. The first-order valence-electron chi connectivity index (χ1n) is 6.36. The van der Waals surface area contributed by atoms with Crippen LogP contribution in [0, 0.1) is 0 Å². The summed E-state index contributed by atoms with van der Waals surface area (Å²) in [4.78, 5) is 17.8. The molecule has 0 bridgehead atoms. The van der Waals surface area contributed by atoms with E-state index < -0.39 is 0 Å². The largest absolute Gasteiger partial charge is 0.381 e.